The molecule has 118 valence electrons. The maximum atomic E-state index is 5.95. The van der Waals surface area contributed by atoms with Gasteiger partial charge in [0.05, 0.1) is 12.7 Å². The highest BCUT2D eigenvalue weighted by atomic mass is 16.5. The fourth-order valence-corrected chi connectivity index (χ4v) is 3.12. The zero-order valence-corrected chi connectivity index (χ0v) is 13.7. The molecule has 0 bridgehead atoms. The molecule has 1 fully saturated rings. The van der Waals surface area contributed by atoms with Crippen molar-refractivity contribution in [2.24, 2.45) is 0 Å². The Morgan fingerprint density at radius 3 is 2.81 bits per heavy atom. The summed E-state index contributed by atoms with van der Waals surface area (Å²) in [7, 11) is 0. The normalized spacial score (nSPS) is 17.8. The second-order valence-corrected chi connectivity index (χ2v) is 6.51. The van der Waals surface area contributed by atoms with E-state index in [1.807, 2.05) is 0 Å². The van der Waals surface area contributed by atoms with E-state index >= 15 is 0 Å². The Kier molecular flexibility index (Phi) is 7.25. The number of rotatable bonds is 8. The number of aryl methyl sites for hydroxylation is 2. The van der Waals surface area contributed by atoms with E-state index in [0.717, 1.165) is 19.6 Å². The molecule has 0 saturated heterocycles. The highest BCUT2D eigenvalue weighted by molar-refractivity contribution is 5.22. The van der Waals surface area contributed by atoms with Gasteiger partial charge in [0.25, 0.3) is 0 Å². The number of ether oxygens (including phenoxy) is 1. The van der Waals surface area contributed by atoms with E-state index < -0.39 is 0 Å². The molecule has 0 spiro atoms. The standard InChI is InChI=1S/C19H31NO/c1-16-7-6-8-18(15-16)12-11-17(2)20-13-14-21-19-9-4-3-5-10-19/h6-8,15,17,19-20H,3-5,9-14H2,1-2H3. The van der Waals surface area contributed by atoms with Crippen molar-refractivity contribution < 1.29 is 4.74 Å². The van der Waals surface area contributed by atoms with Crippen molar-refractivity contribution in [1.82, 2.24) is 5.32 Å². The van der Waals surface area contributed by atoms with Crippen molar-refractivity contribution in [3.63, 3.8) is 0 Å². The topological polar surface area (TPSA) is 21.3 Å². The van der Waals surface area contributed by atoms with Gasteiger partial charge < -0.3 is 10.1 Å². The van der Waals surface area contributed by atoms with Crippen molar-refractivity contribution in [2.45, 2.75) is 70.9 Å². The Morgan fingerprint density at radius 2 is 2.05 bits per heavy atom. The van der Waals surface area contributed by atoms with Gasteiger partial charge in [0.2, 0.25) is 0 Å². The second-order valence-electron chi connectivity index (χ2n) is 6.51. The lowest BCUT2D eigenvalue weighted by molar-refractivity contribution is 0.0295. The minimum Gasteiger partial charge on any atom is -0.377 e. The molecule has 0 amide bonds. The van der Waals surface area contributed by atoms with Gasteiger partial charge in [0, 0.05) is 12.6 Å². The minimum atomic E-state index is 0.531. The summed E-state index contributed by atoms with van der Waals surface area (Å²) in [4.78, 5) is 0. The van der Waals surface area contributed by atoms with E-state index in [-0.39, 0.29) is 0 Å². The molecule has 1 aliphatic carbocycles. The molecule has 1 N–H and O–H groups in total. The van der Waals surface area contributed by atoms with E-state index in [9.17, 15) is 0 Å². The number of hydrogen-bond donors (Lipinski definition) is 1. The summed E-state index contributed by atoms with van der Waals surface area (Å²) < 4.78 is 5.95. The van der Waals surface area contributed by atoms with Crippen LogP contribution in [0, 0.1) is 6.92 Å². The van der Waals surface area contributed by atoms with Crippen molar-refractivity contribution in [2.75, 3.05) is 13.2 Å². The Hall–Kier alpha value is -0.860. The van der Waals surface area contributed by atoms with Gasteiger partial charge in [-0.05, 0) is 45.1 Å². The molecule has 21 heavy (non-hydrogen) atoms. The molecule has 1 saturated carbocycles. The first kappa shape index (κ1) is 16.5. The number of nitrogens with one attached hydrogen (secondary N) is 1. The van der Waals surface area contributed by atoms with Crippen molar-refractivity contribution in [3.8, 4) is 0 Å². The van der Waals surface area contributed by atoms with Crippen molar-refractivity contribution in [3.05, 3.63) is 35.4 Å². The van der Waals surface area contributed by atoms with Gasteiger partial charge in [-0.25, -0.2) is 0 Å². The van der Waals surface area contributed by atoms with Crippen LogP contribution in [0.1, 0.15) is 56.6 Å². The van der Waals surface area contributed by atoms with E-state index in [4.69, 9.17) is 4.74 Å². The Morgan fingerprint density at radius 1 is 1.24 bits per heavy atom. The van der Waals surface area contributed by atoms with Crippen LogP contribution >= 0.6 is 0 Å². The first-order valence-corrected chi connectivity index (χ1v) is 8.64. The van der Waals surface area contributed by atoms with E-state index in [0.29, 0.717) is 12.1 Å². The third-order valence-corrected chi connectivity index (χ3v) is 4.45. The second kappa shape index (κ2) is 9.22. The predicted octanol–water partition coefficient (Wildman–Crippen LogP) is 4.26. The van der Waals surface area contributed by atoms with Crippen LogP contribution in [-0.2, 0) is 11.2 Å². The molecular formula is C19H31NO. The Balaban J connectivity index is 1.54. The monoisotopic (exact) mass is 289 g/mol. The average Bonchev–Trinajstić information content (AvgIpc) is 2.51. The van der Waals surface area contributed by atoms with Crippen LogP contribution in [0.3, 0.4) is 0 Å². The molecule has 1 atom stereocenters. The van der Waals surface area contributed by atoms with Crippen LogP contribution in [0.25, 0.3) is 0 Å². The van der Waals surface area contributed by atoms with Gasteiger partial charge in [-0.1, -0.05) is 49.1 Å². The molecule has 1 aromatic rings. The molecule has 1 unspecified atom stereocenters. The first-order valence-electron chi connectivity index (χ1n) is 8.64. The van der Waals surface area contributed by atoms with Crippen LogP contribution in [0.15, 0.2) is 24.3 Å². The van der Waals surface area contributed by atoms with Crippen LogP contribution in [0.4, 0.5) is 0 Å². The summed E-state index contributed by atoms with van der Waals surface area (Å²) in [5.41, 5.74) is 2.80. The molecule has 0 aromatic heterocycles. The van der Waals surface area contributed by atoms with Crippen LogP contribution in [0.5, 0.6) is 0 Å². The molecular weight excluding hydrogens is 258 g/mol. The van der Waals surface area contributed by atoms with Crippen molar-refractivity contribution >= 4 is 0 Å². The molecule has 0 aliphatic heterocycles. The SMILES string of the molecule is Cc1cccc(CCC(C)NCCOC2CCCCC2)c1. The third-order valence-electron chi connectivity index (χ3n) is 4.45. The van der Waals surface area contributed by atoms with E-state index in [1.165, 1.54) is 49.7 Å². The lowest BCUT2D eigenvalue weighted by atomic mass is 9.98. The maximum absolute atomic E-state index is 5.95. The van der Waals surface area contributed by atoms with E-state index in [1.54, 1.807) is 0 Å². The highest BCUT2D eigenvalue weighted by Gasteiger charge is 2.13. The molecule has 2 nitrogen and oxygen atoms in total. The number of hydrogen-bond acceptors (Lipinski definition) is 2. The third kappa shape index (κ3) is 6.62. The quantitative estimate of drug-likeness (QED) is 0.722. The van der Waals surface area contributed by atoms with Crippen LogP contribution in [-0.4, -0.2) is 25.3 Å². The van der Waals surface area contributed by atoms with Gasteiger partial charge in [-0.15, -0.1) is 0 Å². The summed E-state index contributed by atoms with van der Waals surface area (Å²) in [6, 6.07) is 9.39. The summed E-state index contributed by atoms with van der Waals surface area (Å²) in [5, 5.41) is 3.58. The highest BCUT2D eigenvalue weighted by Crippen LogP contribution is 2.19. The average molecular weight is 289 g/mol. The molecule has 1 aromatic carbocycles. The molecule has 2 heteroatoms. The summed E-state index contributed by atoms with van der Waals surface area (Å²) in [6.07, 6.45) is 9.51. The largest absolute Gasteiger partial charge is 0.377 e. The van der Waals surface area contributed by atoms with Gasteiger partial charge >= 0.3 is 0 Å². The molecule has 0 heterocycles. The van der Waals surface area contributed by atoms with E-state index in [2.05, 4.69) is 43.4 Å². The fourth-order valence-electron chi connectivity index (χ4n) is 3.12. The minimum absolute atomic E-state index is 0.531. The lowest BCUT2D eigenvalue weighted by Gasteiger charge is -2.22. The van der Waals surface area contributed by atoms with Gasteiger partial charge in [-0.3, -0.25) is 0 Å². The lowest BCUT2D eigenvalue weighted by Crippen LogP contribution is -2.31. The van der Waals surface area contributed by atoms with Crippen molar-refractivity contribution in [1.29, 1.82) is 0 Å². The number of benzene rings is 1. The Labute approximate surface area is 130 Å². The zero-order valence-electron chi connectivity index (χ0n) is 13.7. The van der Waals surface area contributed by atoms with Crippen LogP contribution in [0.2, 0.25) is 0 Å². The van der Waals surface area contributed by atoms with Gasteiger partial charge in [-0.2, -0.15) is 0 Å². The summed E-state index contributed by atoms with van der Waals surface area (Å²) >= 11 is 0. The summed E-state index contributed by atoms with van der Waals surface area (Å²) in [6.45, 7) is 6.27. The Bertz CT molecular complexity index is 398. The smallest absolute Gasteiger partial charge is 0.0594 e. The fraction of sp³-hybridized carbons (Fsp3) is 0.684. The zero-order chi connectivity index (χ0) is 14.9. The summed E-state index contributed by atoms with van der Waals surface area (Å²) in [5.74, 6) is 0. The van der Waals surface area contributed by atoms with Crippen LogP contribution < -0.4 is 5.32 Å². The first-order chi connectivity index (χ1) is 10.2. The maximum Gasteiger partial charge on any atom is 0.0594 e. The predicted molar refractivity (Wildman–Crippen MR) is 89.8 cm³/mol. The van der Waals surface area contributed by atoms with Gasteiger partial charge in [0.1, 0.15) is 0 Å². The van der Waals surface area contributed by atoms with Gasteiger partial charge in [0.15, 0.2) is 0 Å². The molecule has 1 aliphatic rings. The molecule has 2 rings (SSSR count). The molecule has 0 radical (unpaired) electrons.